The number of aromatic nitrogens is 3. The predicted octanol–water partition coefficient (Wildman–Crippen LogP) is 3.74. The summed E-state index contributed by atoms with van der Waals surface area (Å²) in [6.07, 6.45) is -0.755. The average molecular weight is 369 g/mol. The van der Waals surface area contributed by atoms with Crippen molar-refractivity contribution < 1.29 is 14.2 Å². The molecule has 1 atom stereocenters. The second-order valence-corrected chi connectivity index (χ2v) is 6.55. The first-order valence-electron chi connectivity index (χ1n) is 8.11. The number of nitrogens with zero attached hydrogens (tertiary/aromatic N) is 3. The minimum Gasteiger partial charge on any atom is -0.491 e. The number of para-hydroxylation sites is 2. The number of hydrogen-bond donors (Lipinski definition) is 1. The van der Waals surface area contributed by atoms with E-state index in [2.05, 4.69) is 9.97 Å². The van der Waals surface area contributed by atoms with Crippen LogP contribution in [0, 0.1) is 5.82 Å². The summed E-state index contributed by atoms with van der Waals surface area (Å²) >= 11 is 1.50. The van der Waals surface area contributed by atoms with Crippen molar-refractivity contribution in [1.29, 1.82) is 0 Å². The highest BCUT2D eigenvalue weighted by Crippen LogP contribution is 2.25. The van der Waals surface area contributed by atoms with Gasteiger partial charge in [-0.15, -0.1) is 11.3 Å². The number of aliphatic hydroxyl groups excluding tert-OH is 1. The zero-order valence-electron chi connectivity index (χ0n) is 13.7. The van der Waals surface area contributed by atoms with Gasteiger partial charge in [-0.2, -0.15) is 0 Å². The van der Waals surface area contributed by atoms with E-state index in [1.165, 1.54) is 35.6 Å². The van der Waals surface area contributed by atoms with Crippen molar-refractivity contribution in [3.05, 3.63) is 65.2 Å². The van der Waals surface area contributed by atoms with E-state index >= 15 is 0 Å². The van der Waals surface area contributed by atoms with Gasteiger partial charge in [-0.1, -0.05) is 12.1 Å². The molecule has 5 nitrogen and oxygen atoms in total. The summed E-state index contributed by atoms with van der Waals surface area (Å²) in [7, 11) is 0. The Hall–Kier alpha value is -2.77. The van der Waals surface area contributed by atoms with Gasteiger partial charge >= 0.3 is 0 Å². The number of aliphatic hydroxyl groups is 1. The normalized spacial score (nSPS) is 12.4. The number of fused-ring (bicyclic) bond motifs is 1. The van der Waals surface area contributed by atoms with Crippen LogP contribution < -0.4 is 4.74 Å². The van der Waals surface area contributed by atoms with Crippen molar-refractivity contribution in [3.8, 4) is 17.3 Å². The van der Waals surface area contributed by atoms with Crippen molar-refractivity contribution in [2.75, 3.05) is 6.61 Å². The van der Waals surface area contributed by atoms with Crippen molar-refractivity contribution in [2.24, 2.45) is 0 Å². The fraction of sp³-hybridized carbons (Fsp3) is 0.158. The molecule has 0 saturated carbocycles. The molecule has 1 N–H and O–H groups in total. The van der Waals surface area contributed by atoms with E-state index in [0.717, 1.165) is 16.7 Å². The van der Waals surface area contributed by atoms with E-state index in [9.17, 15) is 9.50 Å². The monoisotopic (exact) mass is 369 g/mol. The Balaban J connectivity index is 1.56. The second-order valence-electron chi connectivity index (χ2n) is 5.83. The summed E-state index contributed by atoms with van der Waals surface area (Å²) in [5.41, 5.74) is 4.31. The van der Waals surface area contributed by atoms with Gasteiger partial charge in [0.15, 0.2) is 5.82 Å². The van der Waals surface area contributed by atoms with E-state index in [1.807, 2.05) is 34.2 Å². The van der Waals surface area contributed by atoms with Crippen LogP contribution in [-0.4, -0.2) is 32.4 Å². The summed E-state index contributed by atoms with van der Waals surface area (Å²) in [5, 5.41) is 12.4. The molecule has 0 saturated heterocycles. The smallest absolute Gasteiger partial charge is 0.160 e. The van der Waals surface area contributed by atoms with Crippen molar-refractivity contribution in [2.45, 2.75) is 12.6 Å². The Morgan fingerprint density at radius 3 is 2.73 bits per heavy atom. The third-order valence-corrected chi connectivity index (χ3v) is 4.55. The zero-order valence-corrected chi connectivity index (χ0v) is 14.6. The third kappa shape index (κ3) is 3.44. The van der Waals surface area contributed by atoms with Gasteiger partial charge < -0.3 is 14.4 Å². The zero-order chi connectivity index (χ0) is 17.9. The van der Waals surface area contributed by atoms with Crippen LogP contribution in [0.3, 0.4) is 0 Å². The van der Waals surface area contributed by atoms with Gasteiger partial charge in [0, 0.05) is 5.38 Å². The molecular weight excluding hydrogens is 353 g/mol. The molecule has 4 rings (SSSR count). The number of hydrogen-bond acceptors (Lipinski definition) is 5. The van der Waals surface area contributed by atoms with E-state index in [-0.39, 0.29) is 12.4 Å². The van der Waals surface area contributed by atoms with Gasteiger partial charge in [0.05, 0.1) is 23.1 Å². The molecule has 1 unspecified atom stereocenters. The first kappa shape index (κ1) is 16.7. The lowest BCUT2D eigenvalue weighted by Crippen LogP contribution is -2.24. The second kappa shape index (κ2) is 7.23. The Morgan fingerprint density at radius 1 is 1.15 bits per heavy atom. The Kier molecular flexibility index (Phi) is 4.64. The lowest BCUT2D eigenvalue weighted by molar-refractivity contribution is 0.0937. The molecule has 2 heterocycles. The summed E-state index contributed by atoms with van der Waals surface area (Å²) in [6.45, 7) is 0.406. The van der Waals surface area contributed by atoms with E-state index < -0.39 is 6.10 Å². The Labute approximate surface area is 153 Å². The van der Waals surface area contributed by atoms with Crippen LogP contribution in [0.25, 0.3) is 22.6 Å². The van der Waals surface area contributed by atoms with E-state index in [0.29, 0.717) is 18.1 Å². The molecule has 0 amide bonds. The summed E-state index contributed by atoms with van der Waals surface area (Å²) in [6, 6.07) is 13.5. The molecule has 26 heavy (non-hydrogen) atoms. The fourth-order valence-corrected chi connectivity index (χ4v) is 3.30. The molecule has 0 radical (unpaired) electrons. The average Bonchev–Trinajstić information content (AvgIpc) is 3.30. The number of rotatable bonds is 6. The van der Waals surface area contributed by atoms with Crippen molar-refractivity contribution in [1.82, 2.24) is 14.5 Å². The topological polar surface area (TPSA) is 60.2 Å². The molecule has 0 bridgehead atoms. The first-order chi connectivity index (χ1) is 12.7. The Bertz CT molecular complexity index is 999. The van der Waals surface area contributed by atoms with Crippen LogP contribution in [-0.2, 0) is 6.54 Å². The maximum Gasteiger partial charge on any atom is 0.160 e. The molecular formula is C19H16FN3O2S. The predicted molar refractivity (Wildman–Crippen MR) is 98.7 cm³/mol. The van der Waals surface area contributed by atoms with Gasteiger partial charge in [-0.25, -0.2) is 14.4 Å². The van der Waals surface area contributed by atoms with Gasteiger partial charge in [-0.3, -0.25) is 0 Å². The summed E-state index contributed by atoms with van der Waals surface area (Å²) < 4.78 is 20.4. The SMILES string of the molecule is OC(COc1ccc(F)cc1)Cn1c(-c2cscn2)nc2ccccc21. The van der Waals surface area contributed by atoms with Crippen LogP contribution in [0.2, 0.25) is 0 Å². The van der Waals surface area contributed by atoms with Crippen LogP contribution in [0.4, 0.5) is 4.39 Å². The van der Waals surface area contributed by atoms with Crippen LogP contribution in [0.1, 0.15) is 0 Å². The Morgan fingerprint density at radius 2 is 1.96 bits per heavy atom. The van der Waals surface area contributed by atoms with Gasteiger partial charge in [0.25, 0.3) is 0 Å². The van der Waals surface area contributed by atoms with Gasteiger partial charge in [0.1, 0.15) is 30.0 Å². The largest absolute Gasteiger partial charge is 0.491 e. The minimum absolute atomic E-state index is 0.0919. The number of benzene rings is 2. The number of thiazole rings is 1. The minimum atomic E-state index is -0.755. The van der Waals surface area contributed by atoms with Crippen LogP contribution in [0.5, 0.6) is 5.75 Å². The summed E-state index contributed by atoms with van der Waals surface area (Å²) in [5.74, 6) is 0.907. The molecule has 4 aromatic rings. The maximum absolute atomic E-state index is 12.9. The highest BCUT2D eigenvalue weighted by atomic mass is 32.1. The molecule has 132 valence electrons. The van der Waals surface area contributed by atoms with Crippen LogP contribution >= 0.6 is 11.3 Å². The van der Waals surface area contributed by atoms with E-state index in [1.54, 1.807) is 5.51 Å². The van der Waals surface area contributed by atoms with Crippen molar-refractivity contribution in [3.63, 3.8) is 0 Å². The maximum atomic E-state index is 12.9. The van der Waals surface area contributed by atoms with Gasteiger partial charge in [-0.05, 0) is 36.4 Å². The van der Waals surface area contributed by atoms with E-state index in [4.69, 9.17) is 4.74 Å². The molecule has 0 aliphatic heterocycles. The molecule has 2 aromatic heterocycles. The molecule has 0 fully saturated rings. The number of imidazole rings is 1. The standard InChI is InChI=1S/C19H16FN3O2S/c20-13-5-7-15(8-6-13)25-10-14(24)9-23-18-4-2-1-3-16(18)22-19(23)17-11-26-12-21-17/h1-8,11-12,14,24H,9-10H2. The molecule has 2 aromatic carbocycles. The third-order valence-electron chi connectivity index (χ3n) is 3.97. The fourth-order valence-electron chi connectivity index (χ4n) is 2.77. The lowest BCUT2D eigenvalue weighted by Gasteiger charge is -2.15. The van der Waals surface area contributed by atoms with Gasteiger partial charge in [0.2, 0.25) is 0 Å². The molecule has 0 spiro atoms. The molecule has 7 heteroatoms. The molecule has 0 aliphatic rings. The lowest BCUT2D eigenvalue weighted by atomic mass is 10.3. The summed E-state index contributed by atoms with van der Waals surface area (Å²) in [4.78, 5) is 8.99. The number of ether oxygens (including phenoxy) is 1. The van der Waals surface area contributed by atoms with Crippen LogP contribution in [0.15, 0.2) is 59.4 Å². The molecule has 0 aliphatic carbocycles. The number of halogens is 1. The first-order valence-corrected chi connectivity index (χ1v) is 9.05. The highest BCUT2D eigenvalue weighted by molar-refractivity contribution is 7.07. The highest BCUT2D eigenvalue weighted by Gasteiger charge is 2.17. The quantitative estimate of drug-likeness (QED) is 0.562. The van der Waals surface area contributed by atoms with Crippen molar-refractivity contribution >= 4 is 22.4 Å².